The molecular weight excluding hydrogens is 266 g/mol. The molecule has 2 heterocycles. The molecule has 4 rings (SSSR count). The Morgan fingerprint density at radius 3 is 2.76 bits per heavy atom. The summed E-state index contributed by atoms with van der Waals surface area (Å²) in [6.07, 6.45) is 7.58. The second kappa shape index (κ2) is 4.94. The maximum absolute atomic E-state index is 10.5. The first-order chi connectivity index (χ1) is 10.2. The molecule has 0 amide bonds. The van der Waals surface area contributed by atoms with Crippen molar-refractivity contribution in [2.24, 2.45) is 0 Å². The average Bonchev–Trinajstić information content (AvgIpc) is 3.26. The molecule has 0 unspecified atom stereocenters. The van der Waals surface area contributed by atoms with Gasteiger partial charge in [-0.3, -0.25) is 0 Å². The first-order valence-electron chi connectivity index (χ1n) is 7.92. The Labute approximate surface area is 123 Å². The molecule has 0 spiro atoms. The third-order valence-corrected chi connectivity index (χ3v) is 4.61. The van der Waals surface area contributed by atoms with Gasteiger partial charge in [-0.1, -0.05) is 19.3 Å². The summed E-state index contributed by atoms with van der Waals surface area (Å²) in [4.78, 5) is 0. The lowest BCUT2D eigenvalue weighted by Crippen LogP contribution is -2.39. The van der Waals surface area contributed by atoms with Gasteiger partial charge < -0.3 is 10.4 Å². The van der Waals surface area contributed by atoms with E-state index < -0.39 is 5.60 Å². The molecule has 112 valence electrons. The molecule has 2 saturated carbocycles. The minimum absolute atomic E-state index is 0.519. The lowest BCUT2D eigenvalue weighted by molar-refractivity contribution is 0.0166. The second-order valence-electron chi connectivity index (χ2n) is 6.46. The van der Waals surface area contributed by atoms with Crippen LogP contribution < -0.4 is 5.32 Å². The van der Waals surface area contributed by atoms with Crippen LogP contribution in [-0.4, -0.2) is 37.1 Å². The van der Waals surface area contributed by atoms with E-state index in [2.05, 4.69) is 20.6 Å². The number of aromatic nitrogens is 4. The summed E-state index contributed by atoms with van der Waals surface area (Å²) >= 11 is 0. The van der Waals surface area contributed by atoms with E-state index in [1.165, 1.54) is 19.3 Å². The smallest absolute Gasteiger partial charge is 0.178 e. The molecule has 0 atom stereocenters. The van der Waals surface area contributed by atoms with Crippen molar-refractivity contribution in [1.29, 1.82) is 0 Å². The molecule has 0 aromatic carbocycles. The summed E-state index contributed by atoms with van der Waals surface area (Å²) in [5, 5.41) is 26.8. The van der Waals surface area contributed by atoms with Crippen LogP contribution in [0.5, 0.6) is 0 Å². The molecular formula is C15H21N5O. The first-order valence-corrected chi connectivity index (χ1v) is 7.92. The molecule has 0 radical (unpaired) electrons. The average molecular weight is 287 g/mol. The van der Waals surface area contributed by atoms with Crippen LogP contribution in [0.2, 0.25) is 0 Å². The fraction of sp³-hybridized carbons (Fsp3) is 0.667. The molecule has 2 aromatic rings. The van der Waals surface area contributed by atoms with Crippen LogP contribution in [0.15, 0.2) is 12.1 Å². The zero-order valence-electron chi connectivity index (χ0n) is 12.1. The third-order valence-electron chi connectivity index (χ3n) is 4.61. The van der Waals surface area contributed by atoms with Crippen LogP contribution in [-0.2, 0) is 0 Å². The van der Waals surface area contributed by atoms with Gasteiger partial charge in [-0.25, -0.2) is 0 Å². The zero-order valence-corrected chi connectivity index (χ0v) is 12.1. The SMILES string of the molecule is OC1(CNc2ccc3nnc(C4CC4)n3n2)CCCCC1. The Morgan fingerprint density at radius 2 is 2.00 bits per heavy atom. The number of rotatable bonds is 4. The van der Waals surface area contributed by atoms with Gasteiger partial charge in [0.25, 0.3) is 0 Å². The summed E-state index contributed by atoms with van der Waals surface area (Å²) in [5.41, 5.74) is 0.209. The number of fused-ring (bicyclic) bond motifs is 1. The van der Waals surface area contributed by atoms with E-state index in [0.717, 1.165) is 43.0 Å². The van der Waals surface area contributed by atoms with Crippen molar-refractivity contribution in [3.8, 4) is 0 Å². The van der Waals surface area contributed by atoms with Crippen LogP contribution in [0.25, 0.3) is 5.65 Å². The van der Waals surface area contributed by atoms with Gasteiger partial charge >= 0.3 is 0 Å². The Bertz CT molecular complexity index is 643. The molecule has 0 saturated heterocycles. The first kappa shape index (κ1) is 13.0. The van der Waals surface area contributed by atoms with E-state index in [9.17, 15) is 5.11 Å². The number of nitrogens with one attached hydrogen (secondary N) is 1. The fourth-order valence-corrected chi connectivity index (χ4v) is 3.14. The largest absolute Gasteiger partial charge is 0.388 e. The molecule has 2 N–H and O–H groups in total. The summed E-state index contributed by atoms with van der Waals surface area (Å²) in [6.45, 7) is 0.562. The standard InChI is InChI=1S/C15H21N5O/c21-15(8-2-1-3-9-15)10-16-12-6-7-13-17-18-14(11-4-5-11)20(13)19-12/h6-7,11,21H,1-5,8-10H2,(H,16,19). The minimum atomic E-state index is -0.582. The number of aliphatic hydroxyl groups is 1. The monoisotopic (exact) mass is 287 g/mol. The van der Waals surface area contributed by atoms with E-state index in [0.29, 0.717) is 12.5 Å². The highest BCUT2D eigenvalue weighted by molar-refractivity contribution is 5.44. The van der Waals surface area contributed by atoms with Gasteiger partial charge in [0.15, 0.2) is 11.5 Å². The van der Waals surface area contributed by atoms with Gasteiger partial charge in [0.2, 0.25) is 0 Å². The van der Waals surface area contributed by atoms with E-state index in [1.807, 2.05) is 16.6 Å². The van der Waals surface area contributed by atoms with Crippen LogP contribution in [0.1, 0.15) is 56.7 Å². The van der Waals surface area contributed by atoms with E-state index in [-0.39, 0.29) is 0 Å². The fourth-order valence-electron chi connectivity index (χ4n) is 3.14. The molecule has 2 aliphatic carbocycles. The highest BCUT2D eigenvalue weighted by atomic mass is 16.3. The predicted octanol–water partition coefficient (Wildman–Crippen LogP) is 2.11. The van der Waals surface area contributed by atoms with Crippen LogP contribution in [0.4, 0.5) is 5.82 Å². The maximum Gasteiger partial charge on any atom is 0.178 e. The lowest BCUT2D eigenvalue weighted by atomic mass is 9.85. The molecule has 21 heavy (non-hydrogen) atoms. The van der Waals surface area contributed by atoms with E-state index in [4.69, 9.17) is 0 Å². The van der Waals surface area contributed by atoms with Crippen molar-refractivity contribution >= 4 is 11.5 Å². The van der Waals surface area contributed by atoms with E-state index in [1.54, 1.807) is 0 Å². The van der Waals surface area contributed by atoms with Crippen molar-refractivity contribution in [3.05, 3.63) is 18.0 Å². The zero-order chi connectivity index (χ0) is 14.3. The minimum Gasteiger partial charge on any atom is -0.388 e. The topological polar surface area (TPSA) is 75.3 Å². The van der Waals surface area contributed by atoms with Gasteiger partial charge in [0.1, 0.15) is 5.82 Å². The van der Waals surface area contributed by atoms with Crippen molar-refractivity contribution in [1.82, 2.24) is 19.8 Å². The summed E-state index contributed by atoms with van der Waals surface area (Å²) in [6, 6.07) is 3.84. The van der Waals surface area contributed by atoms with Gasteiger partial charge in [0.05, 0.1) is 5.60 Å². The van der Waals surface area contributed by atoms with Crippen LogP contribution in [0.3, 0.4) is 0 Å². The molecule has 2 aromatic heterocycles. The van der Waals surface area contributed by atoms with Gasteiger partial charge in [-0.2, -0.15) is 4.52 Å². The molecule has 2 fully saturated rings. The maximum atomic E-state index is 10.5. The number of hydrogen-bond acceptors (Lipinski definition) is 5. The highest BCUT2D eigenvalue weighted by Gasteiger charge is 2.30. The Morgan fingerprint density at radius 1 is 1.19 bits per heavy atom. The van der Waals surface area contributed by atoms with E-state index >= 15 is 0 Å². The highest BCUT2D eigenvalue weighted by Crippen LogP contribution is 2.38. The molecule has 0 bridgehead atoms. The summed E-state index contributed by atoms with van der Waals surface area (Å²) in [5.74, 6) is 2.26. The van der Waals surface area contributed by atoms with Gasteiger partial charge in [-0.05, 0) is 37.8 Å². The molecule has 6 heteroatoms. The van der Waals surface area contributed by atoms with Gasteiger partial charge in [-0.15, -0.1) is 15.3 Å². The number of anilines is 1. The third kappa shape index (κ3) is 2.60. The second-order valence-corrected chi connectivity index (χ2v) is 6.46. The summed E-state index contributed by atoms with van der Waals surface area (Å²) < 4.78 is 1.84. The molecule has 0 aliphatic heterocycles. The summed E-state index contributed by atoms with van der Waals surface area (Å²) in [7, 11) is 0. The van der Waals surface area contributed by atoms with Crippen LogP contribution in [0, 0.1) is 0 Å². The number of hydrogen-bond donors (Lipinski definition) is 2. The van der Waals surface area contributed by atoms with Crippen molar-refractivity contribution in [2.45, 2.75) is 56.5 Å². The Balaban J connectivity index is 1.52. The lowest BCUT2D eigenvalue weighted by Gasteiger charge is -2.32. The predicted molar refractivity (Wildman–Crippen MR) is 79.3 cm³/mol. The Kier molecular flexibility index (Phi) is 3.06. The van der Waals surface area contributed by atoms with Crippen molar-refractivity contribution in [2.75, 3.05) is 11.9 Å². The van der Waals surface area contributed by atoms with Gasteiger partial charge in [0, 0.05) is 12.5 Å². The van der Waals surface area contributed by atoms with Crippen LogP contribution >= 0.6 is 0 Å². The van der Waals surface area contributed by atoms with Crippen molar-refractivity contribution in [3.63, 3.8) is 0 Å². The molecule has 2 aliphatic rings. The van der Waals surface area contributed by atoms with Crippen molar-refractivity contribution < 1.29 is 5.11 Å². The quantitative estimate of drug-likeness (QED) is 0.900. The Hall–Kier alpha value is -1.69. The normalized spacial score (nSPS) is 21.6. The number of nitrogens with zero attached hydrogens (tertiary/aromatic N) is 4. The molecule has 6 nitrogen and oxygen atoms in total.